The number of fused-ring (bicyclic) bond motifs is 4. The maximum atomic E-state index is 14.3. The van der Waals surface area contributed by atoms with Crippen molar-refractivity contribution >= 4 is 35.0 Å². The van der Waals surface area contributed by atoms with Crippen LogP contribution in [0, 0.1) is 11.8 Å². The lowest BCUT2D eigenvalue weighted by Gasteiger charge is -2.31. The Kier molecular flexibility index (Phi) is 5.54. The second-order valence-corrected chi connectivity index (χ2v) is 9.83. The van der Waals surface area contributed by atoms with Crippen molar-refractivity contribution in [3.8, 4) is 5.75 Å². The van der Waals surface area contributed by atoms with Gasteiger partial charge in [0.2, 0.25) is 17.7 Å². The van der Waals surface area contributed by atoms with Gasteiger partial charge in [0.05, 0.1) is 37.8 Å². The summed E-state index contributed by atoms with van der Waals surface area (Å²) in [6, 6.07) is 13.6. The van der Waals surface area contributed by atoms with Gasteiger partial charge in [-0.2, -0.15) is 0 Å². The highest BCUT2D eigenvalue weighted by Crippen LogP contribution is 2.55. The first-order valence-corrected chi connectivity index (χ1v) is 12.5. The van der Waals surface area contributed by atoms with Gasteiger partial charge in [0.1, 0.15) is 17.8 Å². The summed E-state index contributed by atoms with van der Waals surface area (Å²) in [5.74, 6) is -2.71. The Bertz CT molecular complexity index is 1310. The fraction of sp³-hybridized carbons (Fsp3) is 0.407. The number of rotatable bonds is 4. The van der Waals surface area contributed by atoms with Crippen LogP contribution in [0.1, 0.15) is 12.5 Å². The number of para-hydroxylation sites is 3. The van der Waals surface area contributed by atoms with E-state index in [-0.39, 0.29) is 18.4 Å². The van der Waals surface area contributed by atoms with E-state index in [2.05, 4.69) is 5.32 Å². The van der Waals surface area contributed by atoms with E-state index in [4.69, 9.17) is 9.47 Å². The van der Waals surface area contributed by atoms with E-state index >= 15 is 0 Å². The van der Waals surface area contributed by atoms with Crippen LogP contribution in [0.15, 0.2) is 48.5 Å². The van der Waals surface area contributed by atoms with Crippen LogP contribution in [0.4, 0.5) is 11.4 Å². The van der Waals surface area contributed by atoms with Crippen molar-refractivity contribution < 1.29 is 28.7 Å². The molecule has 0 unspecified atom stereocenters. The molecule has 1 N–H and O–H groups in total. The molecule has 4 heterocycles. The Morgan fingerprint density at radius 1 is 1.03 bits per heavy atom. The predicted octanol–water partition coefficient (Wildman–Crippen LogP) is 0.893. The van der Waals surface area contributed by atoms with Gasteiger partial charge in [-0.05, 0) is 25.1 Å². The van der Waals surface area contributed by atoms with Gasteiger partial charge in [-0.15, -0.1) is 0 Å². The highest BCUT2D eigenvalue weighted by molar-refractivity contribution is 6.26. The molecule has 0 radical (unpaired) electrons. The average Bonchev–Trinajstić information content (AvgIpc) is 3.47. The van der Waals surface area contributed by atoms with Crippen molar-refractivity contribution in [2.24, 2.45) is 11.8 Å². The van der Waals surface area contributed by atoms with E-state index < -0.39 is 35.2 Å². The molecule has 2 aromatic rings. The summed E-state index contributed by atoms with van der Waals surface area (Å²) in [6.07, 6.45) is 0. The van der Waals surface area contributed by atoms with Gasteiger partial charge in [0, 0.05) is 30.4 Å². The Balaban J connectivity index is 1.41. The Labute approximate surface area is 214 Å². The smallest absolute Gasteiger partial charge is 0.253 e. The molecule has 10 heteroatoms. The minimum absolute atomic E-state index is 0.149. The summed E-state index contributed by atoms with van der Waals surface area (Å²) in [6.45, 7) is 3.52. The van der Waals surface area contributed by atoms with Gasteiger partial charge in [-0.1, -0.05) is 30.3 Å². The summed E-state index contributed by atoms with van der Waals surface area (Å²) in [5, 5.41) is 3.35. The SMILES string of the molecule is COc1ccccc1N1C(=O)[C@@H]2[C@H](C)N[C@]3(C(=O)N(CC(=O)N4CCOCC4)c4ccccc43)[C@H]2C1=O. The van der Waals surface area contributed by atoms with Crippen molar-refractivity contribution in [3.63, 3.8) is 0 Å². The Hall–Kier alpha value is -3.76. The van der Waals surface area contributed by atoms with Crippen LogP contribution in [0.25, 0.3) is 0 Å². The molecule has 2 aromatic carbocycles. The van der Waals surface area contributed by atoms with E-state index in [1.807, 2.05) is 6.92 Å². The largest absolute Gasteiger partial charge is 0.495 e. The summed E-state index contributed by atoms with van der Waals surface area (Å²) < 4.78 is 10.8. The molecule has 37 heavy (non-hydrogen) atoms. The third-order valence-corrected chi connectivity index (χ3v) is 8.00. The molecule has 1 spiro atoms. The molecule has 3 saturated heterocycles. The fourth-order valence-electron chi connectivity index (χ4n) is 6.37. The van der Waals surface area contributed by atoms with Crippen molar-refractivity contribution in [2.45, 2.75) is 18.5 Å². The van der Waals surface area contributed by atoms with Crippen LogP contribution in [0.2, 0.25) is 0 Å². The number of ether oxygens (including phenoxy) is 2. The number of imide groups is 1. The predicted molar refractivity (Wildman–Crippen MR) is 133 cm³/mol. The van der Waals surface area contributed by atoms with Gasteiger partial charge in [-0.3, -0.25) is 24.5 Å². The quantitative estimate of drug-likeness (QED) is 0.616. The van der Waals surface area contributed by atoms with E-state index in [1.54, 1.807) is 53.4 Å². The third-order valence-electron chi connectivity index (χ3n) is 8.00. The number of nitrogens with one attached hydrogen (secondary N) is 1. The van der Waals surface area contributed by atoms with Crippen molar-refractivity contribution in [2.75, 3.05) is 49.8 Å². The minimum Gasteiger partial charge on any atom is -0.495 e. The van der Waals surface area contributed by atoms with Gasteiger partial charge in [0.25, 0.3) is 5.91 Å². The monoisotopic (exact) mass is 504 g/mol. The first-order chi connectivity index (χ1) is 17.9. The zero-order valence-corrected chi connectivity index (χ0v) is 20.7. The lowest BCUT2D eigenvalue weighted by atomic mass is 9.76. The zero-order valence-electron chi connectivity index (χ0n) is 20.7. The summed E-state index contributed by atoms with van der Waals surface area (Å²) in [4.78, 5) is 59.5. The number of carbonyl (C=O) groups excluding carboxylic acids is 4. The third kappa shape index (κ3) is 3.25. The lowest BCUT2D eigenvalue weighted by Crippen LogP contribution is -2.56. The number of hydrogen-bond donors (Lipinski definition) is 1. The Morgan fingerprint density at radius 2 is 1.70 bits per heavy atom. The highest BCUT2D eigenvalue weighted by atomic mass is 16.5. The molecule has 10 nitrogen and oxygen atoms in total. The number of benzene rings is 2. The summed E-state index contributed by atoms with van der Waals surface area (Å²) in [5.41, 5.74) is 0.0904. The van der Waals surface area contributed by atoms with Gasteiger partial charge in [0.15, 0.2) is 0 Å². The molecule has 0 aliphatic carbocycles. The molecular formula is C27H28N4O6. The van der Waals surface area contributed by atoms with Crippen LogP contribution < -0.4 is 19.9 Å². The zero-order chi connectivity index (χ0) is 25.9. The van der Waals surface area contributed by atoms with E-state index in [0.717, 1.165) is 4.90 Å². The normalized spacial score (nSPS) is 28.8. The fourth-order valence-corrected chi connectivity index (χ4v) is 6.37. The highest BCUT2D eigenvalue weighted by Gasteiger charge is 2.71. The van der Waals surface area contributed by atoms with E-state index in [0.29, 0.717) is 49.0 Å². The molecule has 6 rings (SSSR count). The summed E-state index contributed by atoms with van der Waals surface area (Å²) >= 11 is 0. The van der Waals surface area contributed by atoms with E-state index in [1.165, 1.54) is 12.0 Å². The topological polar surface area (TPSA) is 108 Å². The molecule has 4 aliphatic rings. The summed E-state index contributed by atoms with van der Waals surface area (Å²) in [7, 11) is 1.48. The van der Waals surface area contributed by atoms with Crippen LogP contribution in [0.3, 0.4) is 0 Å². The van der Waals surface area contributed by atoms with Gasteiger partial charge >= 0.3 is 0 Å². The van der Waals surface area contributed by atoms with Gasteiger partial charge < -0.3 is 19.3 Å². The average molecular weight is 505 g/mol. The molecule has 0 bridgehead atoms. The maximum absolute atomic E-state index is 14.3. The number of hydrogen-bond acceptors (Lipinski definition) is 7. The lowest BCUT2D eigenvalue weighted by molar-refractivity contribution is -0.136. The number of methoxy groups -OCH3 is 1. The van der Waals surface area contributed by atoms with Crippen molar-refractivity contribution in [1.29, 1.82) is 0 Å². The minimum atomic E-state index is -1.45. The molecule has 0 aromatic heterocycles. The van der Waals surface area contributed by atoms with Crippen LogP contribution in [-0.2, 0) is 29.5 Å². The first-order valence-electron chi connectivity index (χ1n) is 12.5. The molecule has 192 valence electrons. The molecular weight excluding hydrogens is 476 g/mol. The molecule has 4 aliphatic heterocycles. The second-order valence-electron chi connectivity index (χ2n) is 9.83. The number of morpholine rings is 1. The van der Waals surface area contributed by atoms with E-state index in [9.17, 15) is 19.2 Å². The maximum Gasteiger partial charge on any atom is 0.253 e. The van der Waals surface area contributed by atoms with Gasteiger partial charge in [-0.25, -0.2) is 4.90 Å². The number of anilines is 2. The first kappa shape index (κ1) is 23.6. The van der Waals surface area contributed by atoms with Crippen LogP contribution in [-0.4, -0.2) is 74.5 Å². The second kappa shape index (κ2) is 8.67. The number of carbonyl (C=O) groups is 4. The Morgan fingerprint density at radius 3 is 2.43 bits per heavy atom. The van der Waals surface area contributed by atoms with Crippen molar-refractivity contribution in [1.82, 2.24) is 10.2 Å². The van der Waals surface area contributed by atoms with Crippen molar-refractivity contribution in [3.05, 3.63) is 54.1 Å². The van der Waals surface area contributed by atoms with Crippen LogP contribution >= 0.6 is 0 Å². The van der Waals surface area contributed by atoms with Crippen LogP contribution in [0.5, 0.6) is 5.75 Å². The molecule has 4 amide bonds. The number of amides is 4. The molecule has 0 saturated carbocycles. The number of nitrogens with zero attached hydrogens (tertiary/aromatic N) is 3. The standard InChI is InChI=1S/C27H28N4O6/c1-16-22-23(25(34)31(24(22)33)19-9-5-6-10-20(19)36-2)27(28-16)17-7-3-4-8-18(17)30(26(27)35)15-21(32)29-11-13-37-14-12-29/h3-10,16,22-23,28H,11-15H2,1-2H3/t16-,22+,23+,27-/m0/s1. The molecule has 3 fully saturated rings. The molecule has 4 atom stereocenters.